The Hall–Kier alpha value is -1.96. The highest BCUT2D eigenvalue weighted by Crippen LogP contribution is 2.24. The number of aryl methyl sites for hydroxylation is 1. The maximum absolute atomic E-state index is 12.2. The molecule has 0 radical (unpaired) electrons. The van der Waals surface area contributed by atoms with E-state index in [0.29, 0.717) is 12.0 Å². The first-order valence-electron chi connectivity index (χ1n) is 6.40. The zero-order chi connectivity index (χ0) is 15.8. The standard InChI is InChI=1S/C13H16N2O5S/c1-9-7-10(3-4-11(9)15(17)18)12(16)14-13(2)5-6-21(19,20)8-13/h3-4,7H,5-6,8H2,1-2H3,(H,14,16). The maximum Gasteiger partial charge on any atom is 0.272 e. The minimum Gasteiger partial charge on any atom is -0.346 e. The lowest BCUT2D eigenvalue weighted by atomic mass is 10.0. The van der Waals surface area contributed by atoms with Crippen LogP contribution in [0.25, 0.3) is 0 Å². The Bertz CT molecular complexity index is 713. The van der Waals surface area contributed by atoms with Crippen molar-refractivity contribution in [2.75, 3.05) is 11.5 Å². The molecule has 1 aliphatic heterocycles. The molecule has 1 atom stereocenters. The molecule has 1 unspecified atom stereocenters. The highest BCUT2D eigenvalue weighted by atomic mass is 32.2. The molecule has 0 bridgehead atoms. The average Bonchev–Trinajstić information content (AvgIpc) is 2.62. The van der Waals surface area contributed by atoms with Crippen LogP contribution in [0, 0.1) is 17.0 Å². The van der Waals surface area contributed by atoms with Crippen LogP contribution in [-0.4, -0.2) is 36.3 Å². The summed E-state index contributed by atoms with van der Waals surface area (Å²) in [4.78, 5) is 22.4. The molecule has 1 amide bonds. The molecule has 114 valence electrons. The number of benzene rings is 1. The van der Waals surface area contributed by atoms with Crippen molar-refractivity contribution in [2.45, 2.75) is 25.8 Å². The van der Waals surface area contributed by atoms with Crippen molar-refractivity contribution < 1.29 is 18.1 Å². The number of sulfone groups is 1. The molecule has 1 N–H and O–H groups in total. The Morgan fingerprint density at radius 3 is 2.57 bits per heavy atom. The number of amides is 1. The molecule has 2 rings (SSSR count). The van der Waals surface area contributed by atoms with Gasteiger partial charge in [0.15, 0.2) is 9.84 Å². The van der Waals surface area contributed by atoms with E-state index in [0.717, 1.165) is 0 Å². The fourth-order valence-electron chi connectivity index (χ4n) is 2.46. The van der Waals surface area contributed by atoms with Crippen LogP contribution in [0.4, 0.5) is 5.69 Å². The van der Waals surface area contributed by atoms with Crippen LogP contribution >= 0.6 is 0 Å². The number of nitro groups is 1. The molecule has 1 fully saturated rings. The normalized spacial score (nSPS) is 23.7. The summed E-state index contributed by atoms with van der Waals surface area (Å²) in [6.07, 6.45) is 0.368. The van der Waals surface area contributed by atoms with Crippen LogP contribution in [0.1, 0.15) is 29.3 Å². The van der Waals surface area contributed by atoms with Gasteiger partial charge in [-0.3, -0.25) is 14.9 Å². The Labute approximate surface area is 122 Å². The fourth-order valence-corrected chi connectivity index (χ4v) is 4.55. The van der Waals surface area contributed by atoms with Gasteiger partial charge < -0.3 is 5.32 Å². The topological polar surface area (TPSA) is 106 Å². The molecule has 1 aliphatic rings. The van der Waals surface area contributed by atoms with Gasteiger partial charge in [0.2, 0.25) is 0 Å². The molecule has 7 nitrogen and oxygen atoms in total. The van der Waals surface area contributed by atoms with Crippen LogP contribution in [0.3, 0.4) is 0 Å². The van der Waals surface area contributed by atoms with Crippen LogP contribution in [-0.2, 0) is 9.84 Å². The largest absolute Gasteiger partial charge is 0.346 e. The van der Waals surface area contributed by atoms with Gasteiger partial charge in [-0.25, -0.2) is 8.42 Å². The van der Waals surface area contributed by atoms with Gasteiger partial charge in [-0.2, -0.15) is 0 Å². The fraction of sp³-hybridized carbons (Fsp3) is 0.462. The molecular formula is C13H16N2O5S. The summed E-state index contributed by atoms with van der Waals surface area (Å²) in [6.45, 7) is 3.24. The van der Waals surface area contributed by atoms with E-state index in [2.05, 4.69) is 5.32 Å². The van der Waals surface area contributed by atoms with Crippen molar-refractivity contribution >= 4 is 21.4 Å². The molecule has 21 heavy (non-hydrogen) atoms. The number of carbonyl (C=O) groups is 1. The summed E-state index contributed by atoms with van der Waals surface area (Å²) in [7, 11) is -3.11. The minimum absolute atomic E-state index is 0.0544. The van der Waals surface area contributed by atoms with Crippen molar-refractivity contribution in [1.29, 1.82) is 0 Å². The first-order valence-corrected chi connectivity index (χ1v) is 8.22. The van der Waals surface area contributed by atoms with E-state index in [1.807, 2.05) is 0 Å². The molecule has 1 aromatic carbocycles. The van der Waals surface area contributed by atoms with Gasteiger partial charge in [-0.1, -0.05) is 0 Å². The molecule has 1 heterocycles. The lowest BCUT2D eigenvalue weighted by molar-refractivity contribution is -0.385. The molecule has 0 aliphatic carbocycles. The predicted octanol–water partition coefficient (Wildman–Crippen LogP) is 1.21. The number of rotatable bonds is 3. The zero-order valence-electron chi connectivity index (χ0n) is 11.8. The molecule has 1 saturated heterocycles. The molecule has 0 aromatic heterocycles. The maximum atomic E-state index is 12.2. The summed E-state index contributed by atoms with van der Waals surface area (Å²) in [5.74, 6) is -0.451. The smallest absolute Gasteiger partial charge is 0.272 e. The second-order valence-electron chi connectivity index (χ2n) is 5.62. The SMILES string of the molecule is Cc1cc(C(=O)NC2(C)CCS(=O)(=O)C2)ccc1[N+](=O)[O-]. The van der Waals surface area contributed by atoms with Gasteiger partial charge in [0.1, 0.15) is 0 Å². The molecular weight excluding hydrogens is 296 g/mol. The van der Waals surface area contributed by atoms with Crippen molar-refractivity contribution in [3.8, 4) is 0 Å². The number of nitrogens with zero attached hydrogens (tertiary/aromatic N) is 1. The Morgan fingerprint density at radius 2 is 2.10 bits per heavy atom. The number of nitrogens with one attached hydrogen (secondary N) is 1. The first kappa shape index (κ1) is 15.4. The van der Waals surface area contributed by atoms with Crippen molar-refractivity contribution in [1.82, 2.24) is 5.32 Å². The summed E-state index contributed by atoms with van der Waals surface area (Å²) in [6, 6.07) is 4.07. The Balaban J connectivity index is 2.18. The van der Waals surface area contributed by atoms with Crippen LogP contribution < -0.4 is 5.32 Å². The van der Waals surface area contributed by atoms with Gasteiger partial charge >= 0.3 is 0 Å². The summed E-state index contributed by atoms with van der Waals surface area (Å²) in [5, 5.41) is 13.5. The third-order valence-corrected chi connectivity index (χ3v) is 5.48. The van der Waals surface area contributed by atoms with Crippen molar-refractivity contribution in [3.63, 3.8) is 0 Å². The van der Waals surface area contributed by atoms with Gasteiger partial charge in [0.25, 0.3) is 11.6 Å². The molecule has 1 aromatic rings. The molecule has 0 spiro atoms. The van der Waals surface area contributed by atoms with Crippen LogP contribution in [0.15, 0.2) is 18.2 Å². The van der Waals surface area contributed by atoms with Gasteiger partial charge in [-0.05, 0) is 32.4 Å². The van der Waals surface area contributed by atoms with Gasteiger partial charge in [0, 0.05) is 17.2 Å². The summed E-state index contributed by atoms with van der Waals surface area (Å²) < 4.78 is 23.0. The molecule has 0 saturated carbocycles. The van der Waals surface area contributed by atoms with E-state index >= 15 is 0 Å². The Morgan fingerprint density at radius 1 is 1.43 bits per heavy atom. The number of hydrogen-bond acceptors (Lipinski definition) is 5. The lowest BCUT2D eigenvalue weighted by Gasteiger charge is -2.23. The molecule has 8 heteroatoms. The third-order valence-electron chi connectivity index (χ3n) is 3.57. The van der Waals surface area contributed by atoms with Crippen molar-refractivity contribution in [3.05, 3.63) is 39.4 Å². The zero-order valence-corrected chi connectivity index (χ0v) is 12.6. The van der Waals surface area contributed by atoms with Crippen molar-refractivity contribution in [2.24, 2.45) is 0 Å². The van der Waals surface area contributed by atoms with Gasteiger partial charge in [-0.15, -0.1) is 0 Å². The second-order valence-corrected chi connectivity index (χ2v) is 7.80. The van der Waals surface area contributed by atoms with Crippen LogP contribution in [0.2, 0.25) is 0 Å². The summed E-state index contributed by atoms with van der Waals surface area (Å²) in [5.41, 5.74) is -0.173. The highest BCUT2D eigenvalue weighted by molar-refractivity contribution is 7.91. The average molecular weight is 312 g/mol. The lowest BCUT2D eigenvalue weighted by Crippen LogP contribution is -2.46. The number of hydrogen-bond donors (Lipinski definition) is 1. The van der Waals surface area contributed by atoms with E-state index in [4.69, 9.17) is 0 Å². The predicted molar refractivity (Wildman–Crippen MR) is 77.0 cm³/mol. The van der Waals surface area contributed by atoms with E-state index < -0.39 is 26.2 Å². The Kier molecular flexibility index (Phi) is 3.75. The van der Waals surface area contributed by atoms with E-state index in [-0.39, 0.29) is 22.8 Å². The van der Waals surface area contributed by atoms with Gasteiger partial charge in [0.05, 0.1) is 22.0 Å². The van der Waals surface area contributed by atoms with E-state index in [1.54, 1.807) is 13.8 Å². The second kappa shape index (κ2) is 5.10. The number of nitro benzene ring substituents is 1. The van der Waals surface area contributed by atoms with Crippen LogP contribution in [0.5, 0.6) is 0 Å². The quantitative estimate of drug-likeness (QED) is 0.667. The third kappa shape index (κ3) is 3.38. The summed E-state index contributed by atoms with van der Waals surface area (Å²) >= 11 is 0. The first-order chi connectivity index (χ1) is 9.62. The minimum atomic E-state index is -3.11. The highest BCUT2D eigenvalue weighted by Gasteiger charge is 2.39. The number of carbonyl (C=O) groups excluding carboxylic acids is 1. The van der Waals surface area contributed by atoms with E-state index in [9.17, 15) is 23.3 Å². The monoisotopic (exact) mass is 312 g/mol. The van der Waals surface area contributed by atoms with E-state index in [1.165, 1.54) is 18.2 Å².